The molecule has 0 radical (unpaired) electrons. The number of carbonyl (C=O) groups excluding carboxylic acids is 1. The molecule has 3 aliphatic rings. The first-order chi connectivity index (χ1) is 43.3. The highest BCUT2D eigenvalue weighted by Gasteiger charge is 2.53. The van der Waals surface area contributed by atoms with Crippen molar-refractivity contribution in [3.05, 3.63) is 12.2 Å². The number of ether oxygens (including phenoxy) is 6. The summed E-state index contributed by atoms with van der Waals surface area (Å²) in [6.07, 6.45) is 32.1. The van der Waals surface area contributed by atoms with Crippen LogP contribution in [0.2, 0.25) is 0 Å². The maximum Gasteiger partial charge on any atom is 0.220 e. The highest BCUT2D eigenvalue weighted by Crippen LogP contribution is 2.33. The summed E-state index contributed by atoms with van der Waals surface area (Å²) in [6.45, 7) is 1.79. The molecule has 526 valence electrons. The van der Waals surface area contributed by atoms with Crippen LogP contribution < -0.4 is 5.32 Å². The molecule has 3 fully saturated rings. The van der Waals surface area contributed by atoms with E-state index in [1.165, 1.54) is 218 Å². The first-order valence-electron chi connectivity index (χ1n) is 36.4. The average Bonchev–Trinajstić information content (AvgIpc) is 1.40. The predicted octanol–water partition coefficient (Wildman–Crippen LogP) is 10.1. The number of hydrogen-bond acceptors (Lipinski definition) is 18. The molecule has 19 heteroatoms. The van der Waals surface area contributed by atoms with Crippen molar-refractivity contribution in [2.45, 2.75) is 401 Å². The van der Waals surface area contributed by atoms with Crippen molar-refractivity contribution in [3.8, 4) is 0 Å². The van der Waals surface area contributed by atoms with E-state index in [9.17, 15) is 61.0 Å². The van der Waals surface area contributed by atoms with E-state index in [1.54, 1.807) is 0 Å². The van der Waals surface area contributed by atoms with Crippen LogP contribution in [0, 0.1) is 0 Å². The van der Waals surface area contributed by atoms with Crippen molar-refractivity contribution in [2.24, 2.45) is 0 Å². The maximum atomic E-state index is 13.4. The van der Waals surface area contributed by atoms with Gasteiger partial charge in [-0.15, -0.1) is 0 Å². The summed E-state index contributed by atoms with van der Waals surface area (Å²) < 4.78 is 34.3. The maximum absolute atomic E-state index is 13.4. The fraction of sp³-hybridized carbons (Fsp3) is 0.957. The standard InChI is InChI=1S/C70H133NO18/c1-3-5-7-9-11-13-14-15-16-17-18-19-20-21-22-23-24-25-26-27-28-29-30-31-32-33-34-35-36-37-38-40-42-44-46-48-58(76)71-53(54(75)47-45-43-41-39-12-10-8-6-4-2)52-84-68-64(82)61(79)66(56(50-73)86-68)89-70-65(83)62(80)67(57(51-74)87-70)88-69-63(81)60(78)59(77)55(49-72)85-69/h17-18,53-57,59-70,72-75,77-83H,3-16,19-52H2,1-2H3,(H,71,76)/b18-17-. The molecule has 0 aromatic rings. The Morgan fingerprint density at radius 2 is 0.708 bits per heavy atom. The summed E-state index contributed by atoms with van der Waals surface area (Å²) >= 11 is 0. The van der Waals surface area contributed by atoms with E-state index in [4.69, 9.17) is 28.4 Å². The molecule has 0 spiro atoms. The molecule has 17 unspecified atom stereocenters. The molecule has 1 amide bonds. The molecular formula is C70H133NO18. The Labute approximate surface area is 537 Å². The lowest BCUT2D eigenvalue weighted by atomic mass is 9.96. The minimum Gasteiger partial charge on any atom is -0.394 e. The molecule has 3 saturated heterocycles. The first kappa shape index (κ1) is 81.8. The number of rotatable bonds is 57. The largest absolute Gasteiger partial charge is 0.394 e. The number of hydrogen-bond donors (Lipinski definition) is 12. The number of nitrogens with one attached hydrogen (secondary N) is 1. The first-order valence-corrected chi connectivity index (χ1v) is 36.4. The van der Waals surface area contributed by atoms with Crippen molar-refractivity contribution < 1.29 is 89.4 Å². The number of aliphatic hydroxyl groups excluding tert-OH is 11. The smallest absolute Gasteiger partial charge is 0.220 e. The highest BCUT2D eigenvalue weighted by molar-refractivity contribution is 5.76. The molecule has 3 heterocycles. The van der Waals surface area contributed by atoms with Crippen molar-refractivity contribution in [1.82, 2.24) is 5.32 Å². The van der Waals surface area contributed by atoms with Gasteiger partial charge >= 0.3 is 0 Å². The van der Waals surface area contributed by atoms with Gasteiger partial charge in [-0.05, 0) is 38.5 Å². The van der Waals surface area contributed by atoms with Crippen LogP contribution in [0.3, 0.4) is 0 Å². The highest BCUT2D eigenvalue weighted by atomic mass is 16.8. The molecule has 3 aliphatic heterocycles. The molecule has 89 heavy (non-hydrogen) atoms. The van der Waals surface area contributed by atoms with Crippen molar-refractivity contribution in [3.63, 3.8) is 0 Å². The lowest BCUT2D eigenvalue weighted by Gasteiger charge is -2.48. The second-order valence-electron chi connectivity index (χ2n) is 26.4. The van der Waals surface area contributed by atoms with Crippen LogP contribution in [0.5, 0.6) is 0 Å². The second kappa shape index (κ2) is 52.8. The van der Waals surface area contributed by atoms with Crippen LogP contribution in [0.25, 0.3) is 0 Å². The Bertz CT molecular complexity index is 1670. The van der Waals surface area contributed by atoms with Crippen LogP contribution >= 0.6 is 0 Å². The van der Waals surface area contributed by atoms with Gasteiger partial charge in [-0.3, -0.25) is 4.79 Å². The van der Waals surface area contributed by atoms with Gasteiger partial charge in [0.15, 0.2) is 18.9 Å². The third-order valence-corrected chi connectivity index (χ3v) is 18.6. The Morgan fingerprint density at radius 3 is 1.09 bits per heavy atom. The van der Waals surface area contributed by atoms with E-state index < -0.39 is 124 Å². The van der Waals surface area contributed by atoms with Crippen LogP contribution in [0.1, 0.15) is 296 Å². The van der Waals surface area contributed by atoms with Gasteiger partial charge in [-0.2, -0.15) is 0 Å². The summed E-state index contributed by atoms with van der Waals surface area (Å²) in [7, 11) is 0. The summed E-state index contributed by atoms with van der Waals surface area (Å²) in [4.78, 5) is 13.4. The normalized spacial score (nSPS) is 28.2. The average molecular weight is 1280 g/mol. The topological polar surface area (TPSA) is 307 Å². The molecule has 17 atom stereocenters. The number of amides is 1. The molecular weight excluding hydrogens is 1140 g/mol. The Morgan fingerprint density at radius 1 is 0.393 bits per heavy atom. The lowest BCUT2D eigenvalue weighted by Crippen LogP contribution is -2.66. The van der Waals surface area contributed by atoms with Crippen LogP contribution in [-0.4, -0.2) is 193 Å². The molecule has 0 bridgehead atoms. The monoisotopic (exact) mass is 1280 g/mol. The fourth-order valence-corrected chi connectivity index (χ4v) is 12.7. The summed E-state index contributed by atoms with van der Waals surface area (Å²) in [5, 5.41) is 120. The van der Waals surface area contributed by atoms with Crippen molar-refractivity contribution >= 4 is 5.91 Å². The minimum atomic E-state index is -1.97. The van der Waals surface area contributed by atoms with E-state index in [0.29, 0.717) is 12.8 Å². The van der Waals surface area contributed by atoms with Gasteiger partial charge in [0.05, 0.1) is 38.6 Å². The van der Waals surface area contributed by atoms with Crippen LogP contribution in [-0.2, 0) is 33.2 Å². The van der Waals surface area contributed by atoms with Gasteiger partial charge in [0.2, 0.25) is 5.91 Å². The van der Waals surface area contributed by atoms with E-state index in [2.05, 4.69) is 31.3 Å². The van der Waals surface area contributed by atoms with E-state index in [-0.39, 0.29) is 18.9 Å². The SMILES string of the molecule is CCCCCCCCCC/C=C\CCCCCCCCCCCCCCCCCCCCCCCCCC(=O)NC(COC1OC(CO)C(OC2OC(CO)C(OC3OC(CO)C(O)C(O)C3O)C(O)C2O)C(O)C1O)C(O)CCCCCCCCCCC. The van der Waals surface area contributed by atoms with E-state index >= 15 is 0 Å². The molecule has 0 saturated carbocycles. The Balaban J connectivity index is 1.28. The molecule has 12 N–H and O–H groups in total. The minimum absolute atomic E-state index is 0.239. The zero-order valence-electron chi connectivity index (χ0n) is 55.7. The molecule has 0 aromatic heterocycles. The predicted molar refractivity (Wildman–Crippen MR) is 347 cm³/mol. The van der Waals surface area contributed by atoms with Crippen LogP contribution in [0.4, 0.5) is 0 Å². The Hall–Kier alpha value is -1.47. The fourth-order valence-electron chi connectivity index (χ4n) is 12.7. The van der Waals surface area contributed by atoms with Gasteiger partial charge < -0.3 is 89.9 Å². The lowest BCUT2D eigenvalue weighted by molar-refractivity contribution is -0.379. The Kier molecular flexibility index (Phi) is 48.5. The van der Waals surface area contributed by atoms with E-state index in [0.717, 1.165) is 44.9 Å². The van der Waals surface area contributed by atoms with Crippen molar-refractivity contribution in [1.29, 1.82) is 0 Å². The summed E-state index contributed by atoms with van der Waals surface area (Å²) in [6, 6.07) is -0.881. The van der Waals surface area contributed by atoms with E-state index in [1.807, 2.05) is 0 Å². The summed E-state index contributed by atoms with van der Waals surface area (Å²) in [5.41, 5.74) is 0. The van der Waals surface area contributed by atoms with Gasteiger partial charge in [-0.1, -0.05) is 264 Å². The van der Waals surface area contributed by atoms with Gasteiger partial charge in [0.25, 0.3) is 0 Å². The zero-order chi connectivity index (χ0) is 64.7. The van der Waals surface area contributed by atoms with Gasteiger partial charge in [-0.25, -0.2) is 0 Å². The molecule has 0 aliphatic carbocycles. The number of allylic oxidation sites excluding steroid dienone is 2. The van der Waals surface area contributed by atoms with Gasteiger partial charge in [0, 0.05) is 6.42 Å². The number of unbranched alkanes of at least 4 members (excludes halogenated alkanes) is 39. The molecule has 19 nitrogen and oxygen atoms in total. The zero-order valence-corrected chi connectivity index (χ0v) is 55.7. The third-order valence-electron chi connectivity index (χ3n) is 18.6. The summed E-state index contributed by atoms with van der Waals surface area (Å²) in [5.74, 6) is -0.239. The second-order valence-corrected chi connectivity index (χ2v) is 26.4. The van der Waals surface area contributed by atoms with Crippen LogP contribution in [0.15, 0.2) is 12.2 Å². The number of carbonyl (C=O) groups is 1. The molecule has 3 rings (SSSR count). The van der Waals surface area contributed by atoms with Crippen molar-refractivity contribution in [2.75, 3.05) is 26.4 Å². The van der Waals surface area contributed by atoms with Gasteiger partial charge in [0.1, 0.15) is 73.2 Å². The molecule has 0 aromatic carbocycles. The number of aliphatic hydroxyl groups is 11. The quantitative estimate of drug-likeness (QED) is 0.0199. The third kappa shape index (κ3) is 34.7.